The first-order chi connectivity index (χ1) is 13.0. The Kier molecular flexibility index (Phi) is 3.85. The van der Waals surface area contributed by atoms with Crippen LogP contribution < -0.4 is 5.32 Å². The van der Waals surface area contributed by atoms with Crippen LogP contribution in [-0.4, -0.2) is 59.6 Å². The molecular weight excluding hydrogens is 344 g/mol. The molecular formula is C21H26N2O4. The summed E-state index contributed by atoms with van der Waals surface area (Å²) in [5.41, 5.74) is 1.09. The van der Waals surface area contributed by atoms with E-state index in [1.54, 1.807) is 0 Å². The van der Waals surface area contributed by atoms with Gasteiger partial charge in [0, 0.05) is 30.4 Å². The lowest BCUT2D eigenvalue weighted by Crippen LogP contribution is -2.60. The Labute approximate surface area is 158 Å². The summed E-state index contributed by atoms with van der Waals surface area (Å²) in [4.78, 5) is 28.2. The van der Waals surface area contributed by atoms with Crippen LogP contribution in [0, 0.1) is 17.8 Å². The van der Waals surface area contributed by atoms with E-state index < -0.39 is 17.6 Å². The van der Waals surface area contributed by atoms with Crippen LogP contribution in [0.2, 0.25) is 0 Å². The molecule has 1 aliphatic carbocycles. The number of benzene rings is 1. The molecule has 2 N–H and O–H groups in total. The fraction of sp³-hybridized carbons (Fsp3) is 0.619. The smallest absolute Gasteiger partial charge is 0.311 e. The standard InChI is InChI=1S/C21H26N2O4/c1-27-20(26)18-14-10-17-21(19(25)13-4-2-3-5-15(13)22-21)8-9-23(17)11-12(14)6-7-16(18)24/h2-5,12,14,16-18,22,24H,6-11H2,1H3/t12-,14-,16-,17-,18+,21-/m0/s1. The molecule has 1 aromatic carbocycles. The highest BCUT2D eigenvalue weighted by molar-refractivity contribution is 6.14. The number of Topliss-reactive ketones (excluding diaryl/α,β-unsaturated/α-hetero) is 1. The number of esters is 1. The number of ether oxygens (including phenoxy) is 1. The maximum absolute atomic E-state index is 13.3. The summed E-state index contributed by atoms with van der Waals surface area (Å²) in [5.74, 6) is -0.173. The quantitative estimate of drug-likeness (QED) is 0.733. The second-order valence-electron chi connectivity index (χ2n) is 8.59. The third-order valence-electron chi connectivity index (χ3n) is 7.49. The number of fused-ring (bicyclic) bond motifs is 4. The van der Waals surface area contributed by atoms with Gasteiger partial charge < -0.3 is 15.2 Å². The molecule has 0 amide bonds. The summed E-state index contributed by atoms with van der Waals surface area (Å²) >= 11 is 0. The molecule has 6 nitrogen and oxygen atoms in total. The summed E-state index contributed by atoms with van der Waals surface area (Å²) < 4.78 is 5.01. The molecule has 6 heteroatoms. The average Bonchev–Trinajstić information content (AvgIpc) is 3.18. The first-order valence-corrected chi connectivity index (χ1v) is 9.97. The maximum Gasteiger partial charge on any atom is 0.311 e. The van der Waals surface area contributed by atoms with Crippen LogP contribution in [0.15, 0.2) is 24.3 Å². The predicted octanol–water partition coefficient (Wildman–Crippen LogP) is 1.69. The van der Waals surface area contributed by atoms with Crippen molar-refractivity contribution in [3.05, 3.63) is 29.8 Å². The van der Waals surface area contributed by atoms with Crippen LogP contribution >= 0.6 is 0 Å². The minimum atomic E-state index is -0.646. The van der Waals surface area contributed by atoms with Crippen molar-refractivity contribution in [3.63, 3.8) is 0 Å². The molecule has 4 aliphatic rings. The summed E-state index contributed by atoms with van der Waals surface area (Å²) in [5, 5.41) is 14.1. The zero-order valence-corrected chi connectivity index (χ0v) is 15.6. The van der Waals surface area contributed by atoms with Crippen molar-refractivity contribution in [1.29, 1.82) is 0 Å². The van der Waals surface area contributed by atoms with E-state index in [-0.39, 0.29) is 23.7 Å². The number of rotatable bonds is 1. The highest BCUT2D eigenvalue weighted by Crippen LogP contribution is 2.51. The van der Waals surface area contributed by atoms with E-state index in [0.717, 1.165) is 43.6 Å². The van der Waals surface area contributed by atoms with Crippen LogP contribution in [0.4, 0.5) is 5.69 Å². The van der Waals surface area contributed by atoms with Crippen molar-refractivity contribution in [2.45, 2.75) is 43.4 Å². The third-order valence-corrected chi connectivity index (χ3v) is 7.49. The Morgan fingerprint density at radius 3 is 2.93 bits per heavy atom. The molecule has 1 aromatic rings. The lowest BCUT2D eigenvalue weighted by atomic mass is 9.64. The van der Waals surface area contributed by atoms with E-state index >= 15 is 0 Å². The number of methoxy groups -OCH3 is 1. The van der Waals surface area contributed by atoms with Crippen LogP contribution in [0.1, 0.15) is 36.0 Å². The predicted molar refractivity (Wildman–Crippen MR) is 99.4 cm³/mol. The van der Waals surface area contributed by atoms with Gasteiger partial charge in [0.15, 0.2) is 5.78 Å². The number of nitrogens with one attached hydrogen (secondary N) is 1. The molecule has 0 aromatic heterocycles. The number of aliphatic hydroxyl groups is 1. The van der Waals surface area contributed by atoms with Gasteiger partial charge >= 0.3 is 5.97 Å². The molecule has 3 heterocycles. The Hall–Kier alpha value is -1.92. The molecule has 2 saturated heterocycles. The molecule has 27 heavy (non-hydrogen) atoms. The second kappa shape index (κ2) is 6.04. The minimum absolute atomic E-state index is 0.0520. The molecule has 5 rings (SSSR count). The molecule has 1 spiro atoms. The van der Waals surface area contributed by atoms with Gasteiger partial charge in [-0.25, -0.2) is 0 Å². The SMILES string of the molecule is COC(=O)[C@@H]1[C@H]2C[C@@H]3N(CC[C@]34Nc3ccccc3C4=O)C[C@@H]2CC[C@@H]1O. The van der Waals surface area contributed by atoms with Crippen molar-refractivity contribution in [2.24, 2.45) is 17.8 Å². The second-order valence-corrected chi connectivity index (χ2v) is 8.59. The van der Waals surface area contributed by atoms with Crippen molar-refractivity contribution in [1.82, 2.24) is 4.90 Å². The van der Waals surface area contributed by atoms with Gasteiger partial charge in [-0.2, -0.15) is 0 Å². The highest BCUT2D eigenvalue weighted by Gasteiger charge is 2.60. The number of carbonyl (C=O) groups is 2. The number of carbonyl (C=O) groups excluding carboxylic acids is 2. The van der Waals surface area contributed by atoms with Crippen LogP contribution in [0.5, 0.6) is 0 Å². The molecule has 6 atom stereocenters. The fourth-order valence-corrected chi connectivity index (χ4v) is 6.21. The number of hydrogen-bond acceptors (Lipinski definition) is 6. The Morgan fingerprint density at radius 1 is 1.33 bits per heavy atom. The topological polar surface area (TPSA) is 78.9 Å². The largest absolute Gasteiger partial charge is 0.469 e. The van der Waals surface area contributed by atoms with Gasteiger partial charge in [0.05, 0.1) is 19.1 Å². The number of anilines is 1. The van der Waals surface area contributed by atoms with E-state index in [4.69, 9.17) is 4.74 Å². The van der Waals surface area contributed by atoms with Crippen molar-refractivity contribution >= 4 is 17.4 Å². The number of piperidine rings is 1. The van der Waals surface area contributed by atoms with Crippen molar-refractivity contribution in [2.75, 3.05) is 25.5 Å². The van der Waals surface area contributed by atoms with Gasteiger partial charge in [0.1, 0.15) is 5.54 Å². The number of nitrogens with zero attached hydrogens (tertiary/aromatic N) is 1. The minimum Gasteiger partial charge on any atom is -0.469 e. The normalized spacial score (nSPS) is 40.2. The number of aliphatic hydroxyl groups excluding tert-OH is 1. The monoisotopic (exact) mass is 370 g/mol. The van der Waals surface area contributed by atoms with Crippen LogP contribution in [0.25, 0.3) is 0 Å². The first-order valence-electron chi connectivity index (χ1n) is 9.97. The third kappa shape index (κ3) is 2.32. The number of hydrogen-bond donors (Lipinski definition) is 2. The van der Waals surface area contributed by atoms with Gasteiger partial charge in [-0.05, 0) is 49.7 Å². The summed E-state index contributed by atoms with van der Waals surface area (Å²) in [6, 6.07) is 7.78. The van der Waals surface area contributed by atoms with E-state index in [1.807, 2.05) is 24.3 Å². The lowest BCUT2D eigenvalue weighted by Gasteiger charge is -2.49. The van der Waals surface area contributed by atoms with Gasteiger partial charge in [0.2, 0.25) is 0 Å². The number of para-hydroxylation sites is 1. The Morgan fingerprint density at radius 2 is 2.15 bits per heavy atom. The van der Waals surface area contributed by atoms with Gasteiger partial charge in [0.25, 0.3) is 0 Å². The zero-order chi connectivity index (χ0) is 18.8. The molecule has 3 fully saturated rings. The van der Waals surface area contributed by atoms with Gasteiger partial charge in [-0.3, -0.25) is 14.5 Å². The summed E-state index contributed by atoms with van der Waals surface area (Å²) in [6.07, 6.45) is 2.46. The highest BCUT2D eigenvalue weighted by atomic mass is 16.5. The zero-order valence-electron chi connectivity index (χ0n) is 15.6. The molecule has 3 aliphatic heterocycles. The van der Waals surface area contributed by atoms with Crippen LogP contribution in [0.3, 0.4) is 0 Å². The first kappa shape index (κ1) is 17.2. The van der Waals surface area contributed by atoms with Crippen molar-refractivity contribution in [3.8, 4) is 0 Å². The molecule has 0 radical (unpaired) electrons. The number of ketones is 1. The molecule has 144 valence electrons. The molecule has 0 unspecified atom stereocenters. The maximum atomic E-state index is 13.3. The summed E-state index contributed by atoms with van der Waals surface area (Å²) in [7, 11) is 1.39. The molecule has 0 bridgehead atoms. The summed E-state index contributed by atoms with van der Waals surface area (Å²) in [6.45, 7) is 1.79. The van der Waals surface area contributed by atoms with E-state index in [0.29, 0.717) is 12.3 Å². The fourth-order valence-electron chi connectivity index (χ4n) is 6.21. The van der Waals surface area contributed by atoms with Gasteiger partial charge in [-0.15, -0.1) is 0 Å². The van der Waals surface area contributed by atoms with Crippen LogP contribution in [-0.2, 0) is 9.53 Å². The average molecular weight is 370 g/mol. The van der Waals surface area contributed by atoms with Gasteiger partial charge in [-0.1, -0.05) is 12.1 Å². The van der Waals surface area contributed by atoms with Crippen molar-refractivity contribution < 1.29 is 19.4 Å². The lowest BCUT2D eigenvalue weighted by molar-refractivity contribution is -0.159. The Balaban J connectivity index is 1.48. The van der Waals surface area contributed by atoms with E-state index in [2.05, 4.69) is 10.2 Å². The van der Waals surface area contributed by atoms with E-state index in [1.165, 1.54) is 7.11 Å². The van der Waals surface area contributed by atoms with E-state index in [9.17, 15) is 14.7 Å². The molecule has 1 saturated carbocycles. The Bertz CT molecular complexity index is 796.